The van der Waals surface area contributed by atoms with E-state index in [1.165, 1.54) is 5.56 Å². The maximum Gasteiger partial charge on any atom is 0.0640 e. The van der Waals surface area contributed by atoms with Crippen LogP contribution in [0.15, 0.2) is 22.7 Å². The zero-order valence-electron chi connectivity index (χ0n) is 7.47. The summed E-state index contributed by atoms with van der Waals surface area (Å²) in [7, 11) is 0. The zero-order valence-corrected chi connectivity index (χ0v) is 9.06. The molecule has 0 spiro atoms. The first kappa shape index (κ1) is 10.1. The Morgan fingerprint density at radius 2 is 2.31 bits per heavy atom. The van der Waals surface area contributed by atoms with Crippen LogP contribution >= 0.6 is 15.9 Å². The lowest BCUT2D eigenvalue weighted by molar-refractivity contribution is 1.07. The Balaban J connectivity index is 2.67. The van der Waals surface area contributed by atoms with Crippen molar-refractivity contribution in [2.24, 2.45) is 0 Å². The Labute approximate surface area is 86.7 Å². The number of rotatable bonds is 3. The quantitative estimate of drug-likeness (QED) is 0.822. The molecule has 0 saturated heterocycles. The minimum Gasteiger partial charge on any atom is -0.383 e. The van der Waals surface area contributed by atoms with Crippen LogP contribution in [0.4, 0.5) is 5.69 Å². The maximum atomic E-state index is 8.37. The summed E-state index contributed by atoms with van der Waals surface area (Å²) >= 11 is 3.49. The highest BCUT2D eigenvalue weighted by Gasteiger charge is 1.99. The first-order valence-electron chi connectivity index (χ1n) is 4.11. The zero-order chi connectivity index (χ0) is 9.68. The van der Waals surface area contributed by atoms with Crippen molar-refractivity contribution in [1.82, 2.24) is 0 Å². The largest absolute Gasteiger partial charge is 0.383 e. The van der Waals surface area contributed by atoms with Crippen molar-refractivity contribution in [3.63, 3.8) is 0 Å². The van der Waals surface area contributed by atoms with Gasteiger partial charge < -0.3 is 5.32 Å². The molecule has 68 valence electrons. The van der Waals surface area contributed by atoms with Gasteiger partial charge in [-0.05, 0) is 34.5 Å². The summed E-state index contributed by atoms with van der Waals surface area (Å²) in [6, 6.07) is 8.12. The Morgan fingerprint density at radius 1 is 1.54 bits per heavy atom. The Bertz CT molecular complexity index is 328. The third-order valence-corrected chi connectivity index (χ3v) is 2.80. The van der Waals surface area contributed by atoms with Crippen molar-refractivity contribution < 1.29 is 0 Å². The molecule has 0 aliphatic heterocycles. The molecule has 0 heterocycles. The third-order valence-electron chi connectivity index (χ3n) is 1.74. The molecule has 0 aliphatic carbocycles. The molecule has 0 fully saturated rings. The first-order valence-corrected chi connectivity index (χ1v) is 4.91. The average molecular weight is 239 g/mol. The second-order valence-electron chi connectivity index (χ2n) is 2.77. The molecular weight excluding hydrogens is 228 g/mol. The summed E-state index contributed by atoms with van der Waals surface area (Å²) in [4.78, 5) is 0. The van der Waals surface area contributed by atoms with Crippen LogP contribution in [-0.2, 0) is 0 Å². The average Bonchev–Trinajstić information content (AvgIpc) is 2.13. The summed E-state index contributed by atoms with van der Waals surface area (Å²) in [6.07, 6.45) is 0.528. The second-order valence-corrected chi connectivity index (χ2v) is 3.56. The van der Waals surface area contributed by atoms with Gasteiger partial charge in [0.05, 0.1) is 12.5 Å². The van der Waals surface area contributed by atoms with E-state index in [1.807, 2.05) is 25.1 Å². The minimum atomic E-state index is 0.528. The Morgan fingerprint density at radius 3 is 3.00 bits per heavy atom. The van der Waals surface area contributed by atoms with Crippen LogP contribution in [0.1, 0.15) is 12.0 Å². The molecule has 1 aromatic rings. The van der Waals surface area contributed by atoms with E-state index in [0.717, 1.165) is 10.2 Å². The van der Waals surface area contributed by atoms with Crippen LogP contribution in [0.2, 0.25) is 0 Å². The number of hydrogen-bond acceptors (Lipinski definition) is 2. The third kappa shape index (κ3) is 2.74. The van der Waals surface area contributed by atoms with Gasteiger partial charge in [0, 0.05) is 16.7 Å². The normalized spacial score (nSPS) is 9.31. The molecule has 2 nitrogen and oxygen atoms in total. The highest BCUT2D eigenvalue weighted by atomic mass is 79.9. The number of halogens is 1. The fourth-order valence-electron chi connectivity index (χ4n) is 1.04. The molecule has 1 N–H and O–H groups in total. The van der Waals surface area contributed by atoms with Crippen molar-refractivity contribution in [2.75, 3.05) is 11.9 Å². The van der Waals surface area contributed by atoms with Gasteiger partial charge in [0.2, 0.25) is 0 Å². The number of aryl methyl sites for hydroxylation is 1. The van der Waals surface area contributed by atoms with E-state index in [4.69, 9.17) is 5.26 Å². The number of benzene rings is 1. The van der Waals surface area contributed by atoms with Crippen LogP contribution < -0.4 is 5.32 Å². The summed E-state index contributed by atoms with van der Waals surface area (Å²) in [5.41, 5.74) is 2.25. The van der Waals surface area contributed by atoms with Crippen LogP contribution in [0.3, 0.4) is 0 Å². The van der Waals surface area contributed by atoms with Gasteiger partial charge in [-0.25, -0.2) is 0 Å². The lowest BCUT2D eigenvalue weighted by Gasteiger charge is -2.07. The second kappa shape index (κ2) is 4.88. The molecular formula is C10H11BrN2. The van der Waals surface area contributed by atoms with Gasteiger partial charge in [0.25, 0.3) is 0 Å². The molecule has 1 rings (SSSR count). The molecule has 1 aromatic carbocycles. The predicted molar refractivity (Wildman–Crippen MR) is 57.6 cm³/mol. The summed E-state index contributed by atoms with van der Waals surface area (Å²) in [6.45, 7) is 2.73. The van der Waals surface area contributed by atoms with Crippen molar-refractivity contribution in [2.45, 2.75) is 13.3 Å². The van der Waals surface area contributed by atoms with Gasteiger partial charge in [-0.3, -0.25) is 0 Å². The van der Waals surface area contributed by atoms with Crippen molar-refractivity contribution in [3.05, 3.63) is 28.2 Å². The molecule has 0 unspecified atom stereocenters. The van der Waals surface area contributed by atoms with E-state index in [0.29, 0.717) is 13.0 Å². The molecule has 0 aliphatic rings. The van der Waals surface area contributed by atoms with E-state index in [1.54, 1.807) is 0 Å². The molecule has 0 bridgehead atoms. The van der Waals surface area contributed by atoms with Crippen LogP contribution in [0.25, 0.3) is 0 Å². The molecule has 0 saturated carbocycles. The van der Waals surface area contributed by atoms with Gasteiger partial charge in [0.1, 0.15) is 0 Å². The van der Waals surface area contributed by atoms with Crippen LogP contribution in [-0.4, -0.2) is 6.54 Å². The number of anilines is 1. The smallest absolute Gasteiger partial charge is 0.0640 e. The highest BCUT2D eigenvalue weighted by molar-refractivity contribution is 9.10. The van der Waals surface area contributed by atoms with Gasteiger partial charge in [-0.2, -0.15) is 5.26 Å². The minimum absolute atomic E-state index is 0.528. The summed E-state index contributed by atoms with van der Waals surface area (Å²) < 4.78 is 1.08. The van der Waals surface area contributed by atoms with Gasteiger partial charge >= 0.3 is 0 Å². The molecule has 0 aromatic heterocycles. The maximum absolute atomic E-state index is 8.37. The van der Waals surface area contributed by atoms with E-state index in [2.05, 4.69) is 27.3 Å². The fourth-order valence-corrected chi connectivity index (χ4v) is 1.44. The highest BCUT2D eigenvalue weighted by Crippen LogP contribution is 2.25. The van der Waals surface area contributed by atoms with E-state index >= 15 is 0 Å². The number of hydrogen-bond donors (Lipinski definition) is 1. The topological polar surface area (TPSA) is 35.8 Å². The number of nitrogens with zero attached hydrogens (tertiary/aromatic N) is 1. The van der Waals surface area contributed by atoms with E-state index in [-0.39, 0.29) is 0 Å². The first-order chi connectivity index (χ1) is 6.25. The molecule has 0 amide bonds. The SMILES string of the molecule is Cc1cccc(NCCC#N)c1Br. The van der Waals surface area contributed by atoms with E-state index < -0.39 is 0 Å². The summed E-state index contributed by atoms with van der Waals surface area (Å²) in [5, 5.41) is 11.6. The fraction of sp³-hybridized carbons (Fsp3) is 0.300. The monoisotopic (exact) mass is 238 g/mol. The molecule has 3 heteroatoms. The van der Waals surface area contributed by atoms with Gasteiger partial charge in [-0.1, -0.05) is 12.1 Å². The van der Waals surface area contributed by atoms with Crippen molar-refractivity contribution in [1.29, 1.82) is 5.26 Å². The van der Waals surface area contributed by atoms with Gasteiger partial charge in [0.15, 0.2) is 0 Å². The molecule has 13 heavy (non-hydrogen) atoms. The lowest BCUT2D eigenvalue weighted by atomic mass is 10.2. The van der Waals surface area contributed by atoms with Crippen molar-refractivity contribution >= 4 is 21.6 Å². The molecule has 0 atom stereocenters. The van der Waals surface area contributed by atoms with Crippen LogP contribution in [0, 0.1) is 18.3 Å². The van der Waals surface area contributed by atoms with Gasteiger partial charge in [-0.15, -0.1) is 0 Å². The van der Waals surface area contributed by atoms with E-state index in [9.17, 15) is 0 Å². The summed E-state index contributed by atoms with van der Waals surface area (Å²) in [5.74, 6) is 0. The standard InChI is InChI=1S/C10H11BrN2/c1-8-4-2-5-9(10(8)11)13-7-3-6-12/h2,4-5,13H,3,7H2,1H3. The van der Waals surface area contributed by atoms with Crippen molar-refractivity contribution in [3.8, 4) is 6.07 Å². The lowest BCUT2D eigenvalue weighted by Crippen LogP contribution is -2.01. The number of nitrogens with one attached hydrogen (secondary N) is 1. The Kier molecular flexibility index (Phi) is 3.78. The molecule has 0 radical (unpaired) electrons. The van der Waals surface area contributed by atoms with Crippen LogP contribution in [0.5, 0.6) is 0 Å². The predicted octanol–water partition coefficient (Wildman–Crippen LogP) is 3.08. The number of nitriles is 1. The Hall–Kier alpha value is -1.01.